The van der Waals surface area contributed by atoms with E-state index >= 15 is 0 Å². The van der Waals surface area contributed by atoms with Crippen LogP contribution in [0.3, 0.4) is 0 Å². The van der Waals surface area contributed by atoms with E-state index in [2.05, 4.69) is 4.99 Å². The van der Waals surface area contributed by atoms with Gasteiger partial charge in [0.1, 0.15) is 11.5 Å². The standard InChI is InChI=1S/C14H22N2O2S/c1-4-17-12-5-7-13(8-6-12)18-9-10-19-14(15)16-11(2)3/h5-8,11H,4,9-10H2,1-3H3,(H2,15,16). The van der Waals surface area contributed by atoms with Crippen molar-refractivity contribution in [3.05, 3.63) is 24.3 Å². The Kier molecular flexibility index (Phi) is 7.18. The molecule has 0 saturated heterocycles. The number of nitrogens with two attached hydrogens (primary N) is 1. The second-order valence-electron chi connectivity index (χ2n) is 4.16. The van der Waals surface area contributed by atoms with Gasteiger partial charge in [0.2, 0.25) is 0 Å². The summed E-state index contributed by atoms with van der Waals surface area (Å²) in [6, 6.07) is 7.85. The average molecular weight is 282 g/mol. The Labute approximate surface area is 119 Å². The van der Waals surface area contributed by atoms with Crippen molar-refractivity contribution in [3.8, 4) is 11.5 Å². The maximum absolute atomic E-state index is 5.75. The van der Waals surface area contributed by atoms with Gasteiger partial charge in [0.25, 0.3) is 0 Å². The molecule has 0 radical (unpaired) electrons. The summed E-state index contributed by atoms with van der Waals surface area (Å²) in [6.45, 7) is 7.25. The van der Waals surface area contributed by atoms with Crippen molar-refractivity contribution in [1.29, 1.82) is 0 Å². The van der Waals surface area contributed by atoms with Crippen molar-refractivity contribution in [1.82, 2.24) is 0 Å². The normalized spacial score (nSPS) is 11.7. The predicted molar refractivity (Wildman–Crippen MR) is 82.3 cm³/mol. The fourth-order valence-corrected chi connectivity index (χ4v) is 2.06. The van der Waals surface area contributed by atoms with Gasteiger partial charge in [-0.25, -0.2) is 0 Å². The SMILES string of the molecule is CCOc1ccc(OCCSC(N)=NC(C)C)cc1. The van der Waals surface area contributed by atoms with Crippen LogP contribution in [-0.4, -0.2) is 30.2 Å². The first-order chi connectivity index (χ1) is 9.11. The maximum Gasteiger partial charge on any atom is 0.154 e. The summed E-state index contributed by atoms with van der Waals surface area (Å²) in [5, 5.41) is 0.616. The van der Waals surface area contributed by atoms with Gasteiger partial charge in [-0.1, -0.05) is 11.8 Å². The highest BCUT2D eigenvalue weighted by atomic mass is 32.2. The first-order valence-electron chi connectivity index (χ1n) is 6.43. The quantitative estimate of drug-likeness (QED) is 0.474. The lowest BCUT2D eigenvalue weighted by Gasteiger charge is -2.07. The molecule has 1 aromatic rings. The fraction of sp³-hybridized carbons (Fsp3) is 0.500. The molecule has 5 heteroatoms. The van der Waals surface area contributed by atoms with Crippen molar-refractivity contribution in [3.63, 3.8) is 0 Å². The predicted octanol–water partition coefficient (Wildman–Crippen LogP) is 2.92. The topological polar surface area (TPSA) is 56.8 Å². The molecular formula is C14H22N2O2S. The molecule has 0 fully saturated rings. The molecule has 19 heavy (non-hydrogen) atoms. The number of benzene rings is 1. The molecule has 0 atom stereocenters. The molecule has 0 aromatic heterocycles. The van der Waals surface area contributed by atoms with Gasteiger partial charge < -0.3 is 15.2 Å². The van der Waals surface area contributed by atoms with Crippen LogP contribution in [0.2, 0.25) is 0 Å². The Morgan fingerprint density at radius 3 is 2.32 bits per heavy atom. The smallest absolute Gasteiger partial charge is 0.154 e. The van der Waals surface area contributed by atoms with Gasteiger partial charge in [0, 0.05) is 11.8 Å². The Morgan fingerprint density at radius 2 is 1.79 bits per heavy atom. The summed E-state index contributed by atoms with van der Waals surface area (Å²) >= 11 is 1.51. The summed E-state index contributed by atoms with van der Waals surface area (Å²) in [5.41, 5.74) is 5.75. The van der Waals surface area contributed by atoms with Crippen molar-refractivity contribution in [2.75, 3.05) is 19.0 Å². The fourth-order valence-electron chi connectivity index (χ4n) is 1.40. The number of rotatable bonds is 7. The molecule has 0 bridgehead atoms. The summed E-state index contributed by atoms with van der Waals surface area (Å²) in [7, 11) is 0. The van der Waals surface area contributed by atoms with E-state index in [1.807, 2.05) is 45.0 Å². The van der Waals surface area contributed by atoms with Crippen LogP contribution in [0.1, 0.15) is 20.8 Å². The molecule has 1 aromatic carbocycles. The maximum atomic E-state index is 5.75. The number of nitrogens with zero attached hydrogens (tertiary/aromatic N) is 1. The number of thioether (sulfide) groups is 1. The van der Waals surface area contributed by atoms with E-state index in [1.54, 1.807) is 0 Å². The van der Waals surface area contributed by atoms with Crippen LogP contribution in [0.25, 0.3) is 0 Å². The van der Waals surface area contributed by atoms with Gasteiger partial charge in [-0.2, -0.15) is 0 Å². The van der Waals surface area contributed by atoms with E-state index in [-0.39, 0.29) is 6.04 Å². The molecule has 0 aliphatic carbocycles. The van der Waals surface area contributed by atoms with Gasteiger partial charge in [0.05, 0.1) is 13.2 Å². The van der Waals surface area contributed by atoms with Gasteiger partial charge >= 0.3 is 0 Å². The molecule has 2 N–H and O–H groups in total. The van der Waals surface area contributed by atoms with Crippen molar-refractivity contribution >= 4 is 16.9 Å². The molecular weight excluding hydrogens is 260 g/mol. The second-order valence-corrected chi connectivity index (χ2v) is 5.28. The van der Waals surface area contributed by atoms with Gasteiger partial charge in [-0.05, 0) is 45.0 Å². The van der Waals surface area contributed by atoms with Gasteiger partial charge in [0.15, 0.2) is 5.17 Å². The molecule has 106 valence electrons. The lowest BCUT2D eigenvalue weighted by Crippen LogP contribution is -2.12. The Morgan fingerprint density at radius 1 is 1.21 bits per heavy atom. The van der Waals surface area contributed by atoms with E-state index < -0.39 is 0 Å². The third kappa shape index (κ3) is 6.96. The minimum atomic E-state index is 0.236. The van der Waals surface area contributed by atoms with E-state index in [4.69, 9.17) is 15.2 Å². The minimum absolute atomic E-state index is 0.236. The zero-order valence-corrected chi connectivity index (χ0v) is 12.6. The minimum Gasteiger partial charge on any atom is -0.494 e. The van der Waals surface area contributed by atoms with Crippen LogP contribution >= 0.6 is 11.8 Å². The van der Waals surface area contributed by atoms with Crippen LogP contribution in [0, 0.1) is 0 Å². The Hall–Kier alpha value is -1.36. The van der Waals surface area contributed by atoms with Crippen LogP contribution in [0.15, 0.2) is 29.3 Å². The first kappa shape index (κ1) is 15.7. The van der Waals surface area contributed by atoms with Gasteiger partial charge in [-0.15, -0.1) is 0 Å². The summed E-state index contributed by atoms with van der Waals surface area (Å²) in [5.74, 6) is 2.48. The molecule has 0 heterocycles. The summed E-state index contributed by atoms with van der Waals surface area (Å²) in [4.78, 5) is 4.24. The van der Waals surface area contributed by atoms with Crippen molar-refractivity contribution in [2.45, 2.75) is 26.8 Å². The van der Waals surface area contributed by atoms with Crippen LogP contribution in [-0.2, 0) is 0 Å². The monoisotopic (exact) mass is 282 g/mol. The summed E-state index contributed by atoms with van der Waals surface area (Å²) < 4.78 is 11.0. The van der Waals surface area contributed by atoms with Crippen LogP contribution in [0.5, 0.6) is 11.5 Å². The number of hydrogen-bond donors (Lipinski definition) is 1. The zero-order valence-electron chi connectivity index (χ0n) is 11.8. The summed E-state index contributed by atoms with van der Waals surface area (Å²) in [6.07, 6.45) is 0. The molecule has 0 spiro atoms. The third-order valence-electron chi connectivity index (χ3n) is 2.12. The third-order valence-corrected chi connectivity index (χ3v) is 2.89. The molecule has 0 amide bonds. The molecule has 0 aliphatic heterocycles. The molecule has 0 aliphatic rings. The van der Waals surface area contributed by atoms with E-state index in [0.717, 1.165) is 17.3 Å². The number of amidine groups is 1. The lowest BCUT2D eigenvalue weighted by atomic mass is 10.3. The number of hydrogen-bond acceptors (Lipinski definition) is 4. The molecule has 0 saturated carbocycles. The average Bonchev–Trinajstić information content (AvgIpc) is 2.36. The lowest BCUT2D eigenvalue weighted by molar-refractivity contribution is 0.332. The van der Waals surface area contributed by atoms with E-state index in [1.165, 1.54) is 11.8 Å². The Balaban J connectivity index is 2.26. The van der Waals surface area contributed by atoms with E-state index in [9.17, 15) is 0 Å². The number of aliphatic imine (C=N–C) groups is 1. The second kappa shape index (κ2) is 8.69. The van der Waals surface area contributed by atoms with Crippen molar-refractivity contribution in [2.24, 2.45) is 10.7 Å². The van der Waals surface area contributed by atoms with Crippen LogP contribution < -0.4 is 15.2 Å². The van der Waals surface area contributed by atoms with Crippen molar-refractivity contribution < 1.29 is 9.47 Å². The van der Waals surface area contributed by atoms with Crippen LogP contribution in [0.4, 0.5) is 0 Å². The number of ether oxygens (including phenoxy) is 2. The zero-order chi connectivity index (χ0) is 14.1. The van der Waals surface area contributed by atoms with Gasteiger partial charge in [-0.3, -0.25) is 4.99 Å². The van der Waals surface area contributed by atoms with E-state index in [0.29, 0.717) is 18.4 Å². The highest BCUT2D eigenvalue weighted by Gasteiger charge is 1.98. The molecule has 1 rings (SSSR count). The Bertz CT molecular complexity index is 391. The first-order valence-corrected chi connectivity index (χ1v) is 7.42. The largest absolute Gasteiger partial charge is 0.494 e. The molecule has 0 unspecified atom stereocenters. The highest BCUT2D eigenvalue weighted by molar-refractivity contribution is 8.13. The molecule has 4 nitrogen and oxygen atoms in total. The highest BCUT2D eigenvalue weighted by Crippen LogP contribution is 2.17.